The number of anilines is 2. The van der Waals surface area contributed by atoms with E-state index in [-0.39, 0.29) is 11.8 Å². The largest absolute Gasteiger partial charge is 0.497 e. The van der Waals surface area contributed by atoms with Crippen LogP contribution in [0.2, 0.25) is 0 Å². The number of nitrogens with one attached hydrogen (secondary N) is 2. The quantitative estimate of drug-likeness (QED) is 0.548. The molecule has 0 saturated carbocycles. The number of methoxy groups -OCH3 is 1. The van der Waals surface area contributed by atoms with Crippen molar-refractivity contribution in [1.82, 2.24) is 10.2 Å². The van der Waals surface area contributed by atoms with Gasteiger partial charge in [-0.3, -0.25) is 14.5 Å². The number of carbonyl (C=O) groups is 2. The van der Waals surface area contributed by atoms with Crippen molar-refractivity contribution in [2.24, 2.45) is 0 Å². The number of ether oxygens (including phenoxy) is 1. The van der Waals surface area contributed by atoms with Crippen LogP contribution in [-0.4, -0.2) is 63.1 Å². The van der Waals surface area contributed by atoms with E-state index in [1.807, 2.05) is 36.4 Å². The number of thioether (sulfide) groups is 1. The Hall–Kier alpha value is -3.23. The van der Waals surface area contributed by atoms with Crippen LogP contribution in [0.4, 0.5) is 11.4 Å². The summed E-state index contributed by atoms with van der Waals surface area (Å²) < 4.78 is 5.25. The fourth-order valence-corrected chi connectivity index (χ4v) is 5.87. The molecule has 5 rings (SSSR count). The lowest BCUT2D eigenvalue weighted by atomic mass is 10.1. The molecular formula is C28H32N4O3S. The van der Waals surface area contributed by atoms with Gasteiger partial charge in [0.15, 0.2) is 0 Å². The second kappa shape index (κ2) is 11.2. The Morgan fingerprint density at radius 1 is 1.11 bits per heavy atom. The molecule has 2 N–H and O–H groups in total. The average Bonchev–Trinajstić information content (AvgIpc) is 3.06. The van der Waals surface area contributed by atoms with Crippen molar-refractivity contribution in [3.8, 4) is 5.75 Å². The fraction of sp³-hybridized carbons (Fsp3) is 0.357. The van der Waals surface area contributed by atoms with Gasteiger partial charge in [0, 0.05) is 59.3 Å². The van der Waals surface area contributed by atoms with Crippen LogP contribution in [0.15, 0.2) is 70.0 Å². The van der Waals surface area contributed by atoms with E-state index in [0.717, 1.165) is 73.1 Å². The van der Waals surface area contributed by atoms with E-state index < -0.39 is 0 Å². The van der Waals surface area contributed by atoms with Crippen LogP contribution in [0.3, 0.4) is 0 Å². The van der Waals surface area contributed by atoms with Gasteiger partial charge in [-0.2, -0.15) is 0 Å². The number of amides is 2. The van der Waals surface area contributed by atoms with Crippen molar-refractivity contribution in [2.75, 3.05) is 56.6 Å². The number of fused-ring (bicyclic) bond motifs is 1. The summed E-state index contributed by atoms with van der Waals surface area (Å²) in [4.78, 5) is 32.3. The molecule has 0 unspecified atom stereocenters. The minimum absolute atomic E-state index is 0.100. The zero-order valence-electron chi connectivity index (χ0n) is 20.6. The van der Waals surface area contributed by atoms with E-state index in [1.54, 1.807) is 24.9 Å². The monoisotopic (exact) mass is 504 g/mol. The first-order chi connectivity index (χ1) is 17.6. The Balaban J connectivity index is 1.07. The molecule has 1 saturated heterocycles. The van der Waals surface area contributed by atoms with Gasteiger partial charge in [-0.05, 0) is 68.3 Å². The minimum Gasteiger partial charge on any atom is -0.497 e. The third-order valence-corrected chi connectivity index (χ3v) is 8.08. The topological polar surface area (TPSA) is 73.9 Å². The second-order valence-corrected chi connectivity index (χ2v) is 10.3. The summed E-state index contributed by atoms with van der Waals surface area (Å²) in [6, 6.07) is 13.8. The van der Waals surface area contributed by atoms with Gasteiger partial charge in [0.2, 0.25) is 0 Å². The maximum absolute atomic E-state index is 12.8. The number of nitrogens with zero attached hydrogens (tertiary/aromatic N) is 2. The molecule has 2 heterocycles. The van der Waals surface area contributed by atoms with Crippen molar-refractivity contribution in [2.45, 2.75) is 24.2 Å². The number of carbonyl (C=O) groups excluding carboxylic acids is 2. The SMILES string of the molecule is COc1ccc(N2CCN(CCCNC(=O)c3ccc4c(c3)NC(=O)C3=C(CCC=C3)S4)CC2)cc1. The fourth-order valence-electron chi connectivity index (χ4n) is 4.76. The first kappa shape index (κ1) is 24.5. The van der Waals surface area contributed by atoms with Gasteiger partial charge < -0.3 is 20.3 Å². The van der Waals surface area contributed by atoms with Gasteiger partial charge in [-0.1, -0.05) is 23.9 Å². The lowest BCUT2D eigenvalue weighted by molar-refractivity contribution is -0.112. The molecule has 0 spiro atoms. The molecule has 7 nitrogen and oxygen atoms in total. The number of rotatable bonds is 7. The number of benzene rings is 2. The molecule has 2 aromatic carbocycles. The van der Waals surface area contributed by atoms with E-state index >= 15 is 0 Å². The number of piperazine rings is 1. The molecule has 188 valence electrons. The van der Waals surface area contributed by atoms with Gasteiger partial charge in [0.1, 0.15) is 5.75 Å². The minimum atomic E-state index is -0.108. The molecule has 2 amide bonds. The highest BCUT2D eigenvalue weighted by Gasteiger charge is 2.23. The highest BCUT2D eigenvalue weighted by atomic mass is 32.2. The zero-order valence-corrected chi connectivity index (χ0v) is 21.4. The average molecular weight is 505 g/mol. The van der Waals surface area contributed by atoms with Crippen molar-refractivity contribution < 1.29 is 14.3 Å². The lowest BCUT2D eigenvalue weighted by Crippen LogP contribution is -2.47. The van der Waals surface area contributed by atoms with Gasteiger partial charge in [-0.15, -0.1) is 0 Å². The summed E-state index contributed by atoms with van der Waals surface area (Å²) in [6.45, 7) is 5.58. The molecule has 0 atom stereocenters. The Morgan fingerprint density at radius 2 is 1.92 bits per heavy atom. The molecule has 3 aliphatic rings. The maximum atomic E-state index is 12.8. The molecule has 2 aliphatic heterocycles. The van der Waals surface area contributed by atoms with Crippen LogP contribution < -0.4 is 20.3 Å². The van der Waals surface area contributed by atoms with Gasteiger partial charge in [-0.25, -0.2) is 0 Å². The van der Waals surface area contributed by atoms with Gasteiger partial charge in [0.25, 0.3) is 11.8 Å². The predicted octanol–water partition coefficient (Wildman–Crippen LogP) is 4.29. The van der Waals surface area contributed by atoms with Crippen LogP contribution in [0.25, 0.3) is 0 Å². The summed E-state index contributed by atoms with van der Waals surface area (Å²) in [5.74, 6) is 0.669. The van der Waals surface area contributed by atoms with E-state index in [1.165, 1.54) is 5.69 Å². The van der Waals surface area contributed by atoms with E-state index in [0.29, 0.717) is 17.8 Å². The first-order valence-electron chi connectivity index (χ1n) is 12.5. The molecule has 2 aromatic rings. The Kier molecular flexibility index (Phi) is 7.63. The maximum Gasteiger partial charge on any atom is 0.256 e. The summed E-state index contributed by atoms with van der Waals surface area (Å²) >= 11 is 1.62. The van der Waals surface area contributed by atoms with Crippen LogP contribution in [-0.2, 0) is 4.79 Å². The molecule has 8 heteroatoms. The van der Waals surface area contributed by atoms with Crippen LogP contribution in [0.1, 0.15) is 29.6 Å². The third-order valence-electron chi connectivity index (χ3n) is 6.84. The molecule has 0 aromatic heterocycles. The molecule has 1 aliphatic carbocycles. The normalized spacial score (nSPS) is 17.7. The van der Waals surface area contributed by atoms with Crippen molar-refractivity contribution in [3.63, 3.8) is 0 Å². The van der Waals surface area contributed by atoms with E-state index in [2.05, 4.69) is 32.6 Å². The Morgan fingerprint density at radius 3 is 2.69 bits per heavy atom. The van der Waals surface area contributed by atoms with Crippen molar-refractivity contribution in [3.05, 3.63) is 70.7 Å². The lowest BCUT2D eigenvalue weighted by Gasteiger charge is -2.36. The standard InChI is InChI=1S/C28H32N4O3S/c1-35-22-10-8-21(9-11-22)32-17-15-31(16-18-32)14-4-13-29-27(33)20-7-12-26-24(19-20)30-28(34)23-5-2-3-6-25(23)36-26/h2,5,7-12,19H,3-4,6,13-18H2,1H3,(H,29,33)(H,30,34). The van der Waals surface area contributed by atoms with Crippen LogP contribution in [0.5, 0.6) is 5.75 Å². The molecule has 0 bridgehead atoms. The van der Waals surface area contributed by atoms with Gasteiger partial charge >= 0.3 is 0 Å². The molecule has 36 heavy (non-hydrogen) atoms. The van der Waals surface area contributed by atoms with E-state index in [9.17, 15) is 9.59 Å². The number of hydrogen-bond donors (Lipinski definition) is 2. The highest BCUT2D eigenvalue weighted by Crippen LogP contribution is 2.41. The molecular weight excluding hydrogens is 472 g/mol. The van der Waals surface area contributed by atoms with Crippen molar-refractivity contribution >= 4 is 35.0 Å². The summed E-state index contributed by atoms with van der Waals surface area (Å²) in [7, 11) is 1.68. The summed E-state index contributed by atoms with van der Waals surface area (Å²) in [6.07, 6.45) is 6.67. The highest BCUT2D eigenvalue weighted by molar-refractivity contribution is 8.03. The first-order valence-corrected chi connectivity index (χ1v) is 13.3. The van der Waals surface area contributed by atoms with Crippen molar-refractivity contribution in [1.29, 1.82) is 0 Å². The van der Waals surface area contributed by atoms with Crippen LogP contribution >= 0.6 is 11.8 Å². The van der Waals surface area contributed by atoms with E-state index in [4.69, 9.17) is 4.74 Å². The smallest absolute Gasteiger partial charge is 0.256 e. The van der Waals surface area contributed by atoms with Crippen LogP contribution in [0, 0.1) is 0 Å². The third kappa shape index (κ3) is 5.60. The van der Waals surface area contributed by atoms with Gasteiger partial charge in [0.05, 0.1) is 12.8 Å². The zero-order chi connectivity index (χ0) is 24.9. The number of hydrogen-bond acceptors (Lipinski definition) is 6. The Labute approximate surface area is 216 Å². The summed E-state index contributed by atoms with van der Waals surface area (Å²) in [5, 5.41) is 6.02. The molecule has 0 radical (unpaired) electrons. The predicted molar refractivity (Wildman–Crippen MR) is 145 cm³/mol. The second-order valence-electron chi connectivity index (χ2n) is 9.18. The number of allylic oxidation sites excluding steroid dienone is 2. The summed E-state index contributed by atoms with van der Waals surface area (Å²) in [5.41, 5.74) is 3.23. The molecule has 1 fully saturated rings. The Bertz CT molecular complexity index is 1180.